The molecular formula is C14H19N5O. The fourth-order valence-electron chi connectivity index (χ4n) is 1.80. The molecule has 0 atom stereocenters. The number of aromatic nitrogens is 3. The van der Waals surface area contributed by atoms with Crippen LogP contribution in [0.1, 0.15) is 17.7 Å². The number of hydrogen-bond donors (Lipinski definition) is 2. The van der Waals surface area contributed by atoms with Crippen molar-refractivity contribution in [2.45, 2.75) is 26.3 Å². The highest BCUT2D eigenvalue weighted by Gasteiger charge is 2.06. The Labute approximate surface area is 118 Å². The predicted octanol–water partition coefficient (Wildman–Crippen LogP) is 1.12. The zero-order valence-electron chi connectivity index (χ0n) is 11.5. The second-order valence-corrected chi connectivity index (χ2v) is 4.71. The zero-order chi connectivity index (χ0) is 14.4. The summed E-state index contributed by atoms with van der Waals surface area (Å²) in [5.41, 5.74) is 8.24. The monoisotopic (exact) mass is 273 g/mol. The Morgan fingerprint density at radius 3 is 2.80 bits per heavy atom. The van der Waals surface area contributed by atoms with Crippen LogP contribution in [0.2, 0.25) is 0 Å². The van der Waals surface area contributed by atoms with Crippen LogP contribution in [-0.2, 0) is 17.8 Å². The van der Waals surface area contributed by atoms with Crippen LogP contribution in [0, 0.1) is 6.92 Å². The number of carbonyl (C=O) groups excluding carboxylic acids is 1. The van der Waals surface area contributed by atoms with Crippen LogP contribution >= 0.6 is 0 Å². The van der Waals surface area contributed by atoms with Gasteiger partial charge in [-0.15, -0.1) is 5.10 Å². The van der Waals surface area contributed by atoms with Crippen molar-refractivity contribution in [3.8, 4) is 0 Å². The van der Waals surface area contributed by atoms with Crippen LogP contribution in [-0.4, -0.2) is 27.4 Å². The van der Waals surface area contributed by atoms with Gasteiger partial charge >= 0.3 is 0 Å². The van der Waals surface area contributed by atoms with E-state index < -0.39 is 0 Å². The van der Waals surface area contributed by atoms with Crippen molar-refractivity contribution in [3.05, 3.63) is 41.7 Å². The number of hydrogen-bond acceptors (Lipinski definition) is 4. The molecule has 1 amide bonds. The molecule has 1 heterocycles. The van der Waals surface area contributed by atoms with Gasteiger partial charge in [0.2, 0.25) is 5.91 Å². The smallest absolute Gasteiger partial charge is 0.246 e. The highest BCUT2D eigenvalue weighted by Crippen LogP contribution is 2.08. The molecule has 20 heavy (non-hydrogen) atoms. The molecule has 0 spiro atoms. The van der Waals surface area contributed by atoms with Crippen LogP contribution in [0.4, 0.5) is 5.69 Å². The molecule has 0 radical (unpaired) electrons. The van der Waals surface area contributed by atoms with Crippen LogP contribution in [0.3, 0.4) is 0 Å². The normalized spacial score (nSPS) is 10.5. The molecule has 2 aromatic rings. The summed E-state index contributed by atoms with van der Waals surface area (Å²) < 4.78 is 1.54. The van der Waals surface area contributed by atoms with E-state index in [0.717, 1.165) is 29.8 Å². The Kier molecular flexibility index (Phi) is 4.84. The third-order valence-electron chi connectivity index (χ3n) is 2.86. The van der Waals surface area contributed by atoms with E-state index in [-0.39, 0.29) is 12.5 Å². The van der Waals surface area contributed by atoms with Crippen LogP contribution in [0.25, 0.3) is 0 Å². The second kappa shape index (κ2) is 6.81. The van der Waals surface area contributed by atoms with Gasteiger partial charge in [-0.2, -0.15) is 0 Å². The number of rotatable bonds is 6. The van der Waals surface area contributed by atoms with E-state index in [2.05, 4.69) is 15.6 Å². The van der Waals surface area contributed by atoms with Crippen molar-refractivity contribution in [1.82, 2.24) is 15.0 Å². The minimum absolute atomic E-state index is 0.121. The maximum absolute atomic E-state index is 11.9. The molecule has 1 aromatic carbocycles. The SMILES string of the molecule is Cc1ccc(NC(=O)Cn2cc(CCCN)nn2)cc1. The zero-order valence-corrected chi connectivity index (χ0v) is 11.5. The van der Waals surface area contributed by atoms with Crippen LogP contribution < -0.4 is 11.1 Å². The van der Waals surface area contributed by atoms with Gasteiger partial charge in [-0.3, -0.25) is 4.79 Å². The Balaban J connectivity index is 1.87. The molecule has 3 N–H and O–H groups in total. The van der Waals surface area contributed by atoms with Gasteiger partial charge in [0, 0.05) is 11.9 Å². The van der Waals surface area contributed by atoms with Gasteiger partial charge in [-0.1, -0.05) is 22.9 Å². The van der Waals surface area contributed by atoms with Gasteiger partial charge in [-0.05, 0) is 38.4 Å². The van der Waals surface area contributed by atoms with E-state index in [1.165, 1.54) is 4.68 Å². The summed E-state index contributed by atoms with van der Waals surface area (Å²) in [6.07, 6.45) is 3.44. The van der Waals surface area contributed by atoms with E-state index in [4.69, 9.17) is 5.73 Å². The van der Waals surface area contributed by atoms with Gasteiger partial charge in [0.05, 0.1) is 5.69 Å². The lowest BCUT2D eigenvalue weighted by molar-refractivity contribution is -0.116. The summed E-state index contributed by atoms with van der Waals surface area (Å²) in [6, 6.07) is 7.66. The fraction of sp³-hybridized carbons (Fsp3) is 0.357. The van der Waals surface area contributed by atoms with Crippen molar-refractivity contribution in [3.63, 3.8) is 0 Å². The third kappa shape index (κ3) is 4.17. The maximum Gasteiger partial charge on any atom is 0.246 e. The largest absolute Gasteiger partial charge is 0.330 e. The van der Waals surface area contributed by atoms with E-state index in [0.29, 0.717) is 6.54 Å². The number of aryl methyl sites for hydroxylation is 2. The number of nitrogens with zero attached hydrogens (tertiary/aromatic N) is 3. The van der Waals surface area contributed by atoms with Gasteiger partial charge < -0.3 is 11.1 Å². The summed E-state index contributed by atoms with van der Waals surface area (Å²) in [6.45, 7) is 2.79. The van der Waals surface area contributed by atoms with E-state index in [9.17, 15) is 4.79 Å². The second-order valence-electron chi connectivity index (χ2n) is 4.71. The molecule has 2 rings (SSSR count). The molecule has 0 aliphatic heterocycles. The minimum Gasteiger partial charge on any atom is -0.330 e. The van der Waals surface area contributed by atoms with E-state index in [1.807, 2.05) is 31.2 Å². The molecule has 0 saturated carbocycles. The third-order valence-corrected chi connectivity index (χ3v) is 2.86. The maximum atomic E-state index is 11.9. The van der Waals surface area contributed by atoms with E-state index >= 15 is 0 Å². The molecule has 0 aliphatic carbocycles. The number of nitrogens with one attached hydrogen (secondary N) is 1. The van der Waals surface area contributed by atoms with Gasteiger partial charge in [-0.25, -0.2) is 4.68 Å². The molecule has 0 fully saturated rings. The average Bonchev–Trinajstić information content (AvgIpc) is 2.86. The fourth-order valence-corrected chi connectivity index (χ4v) is 1.80. The van der Waals surface area contributed by atoms with Crippen molar-refractivity contribution in [1.29, 1.82) is 0 Å². The minimum atomic E-state index is -0.121. The molecule has 0 aliphatic rings. The first-order chi connectivity index (χ1) is 9.67. The van der Waals surface area contributed by atoms with Gasteiger partial charge in [0.15, 0.2) is 0 Å². The molecule has 6 nitrogen and oxygen atoms in total. The number of amides is 1. The number of carbonyl (C=O) groups is 1. The Morgan fingerprint density at radius 1 is 1.35 bits per heavy atom. The lowest BCUT2D eigenvalue weighted by Crippen LogP contribution is -2.19. The highest BCUT2D eigenvalue weighted by molar-refractivity contribution is 5.90. The Bertz CT molecular complexity index is 561. The number of benzene rings is 1. The average molecular weight is 273 g/mol. The van der Waals surface area contributed by atoms with Crippen molar-refractivity contribution >= 4 is 11.6 Å². The van der Waals surface area contributed by atoms with Gasteiger partial charge in [0.1, 0.15) is 6.54 Å². The van der Waals surface area contributed by atoms with E-state index in [1.54, 1.807) is 6.20 Å². The molecular weight excluding hydrogens is 254 g/mol. The molecule has 1 aromatic heterocycles. The first-order valence-electron chi connectivity index (χ1n) is 6.63. The number of nitrogens with two attached hydrogens (primary N) is 1. The van der Waals surface area contributed by atoms with Crippen molar-refractivity contribution in [2.75, 3.05) is 11.9 Å². The predicted molar refractivity (Wildman–Crippen MR) is 77.2 cm³/mol. The lowest BCUT2D eigenvalue weighted by Gasteiger charge is -2.05. The summed E-state index contributed by atoms with van der Waals surface area (Å²) in [5, 5.41) is 10.8. The van der Waals surface area contributed by atoms with Gasteiger partial charge in [0.25, 0.3) is 0 Å². The summed E-state index contributed by atoms with van der Waals surface area (Å²) in [4.78, 5) is 11.9. The van der Waals surface area contributed by atoms with Crippen molar-refractivity contribution < 1.29 is 4.79 Å². The Hall–Kier alpha value is -2.21. The quantitative estimate of drug-likeness (QED) is 0.825. The molecule has 0 bridgehead atoms. The van der Waals surface area contributed by atoms with Crippen LogP contribution in [0.15, 0.2) is 30.5 Å². The summed E-state index contributed by atoms with van der Waals surface area (Å²) >= 11 is 0. The summed E-state index contributed by atoms with van der Waals surface area (Å²) in [5.74, 6) is -0.121. The molecule has 0 unspecified atom stereocenters. The Morgan fingerprint density at radius 2 is 2.10 bits per heavy atom. The number of anilines is 1. The molecule has 6 heteroatoms. The highest BCUT2D eigenvalue weighted by atomic mass is 16.2. The lowest BCUT2D eigenvalue weighted by atomic mass is 10.2. The first-order valence-corrected chi connectivity index (χ1v) is 6.63. The van der Waals surface area contributed by atoms with Crippen LogP contribution in [0.5, 0.6) is 0 Å². The first kappa shape index (κ1) is 14.2. The topological polar surface area (TPSA) is 85.8 Å². The molecule has 106 valence electrons. The molecule has 0 saturated heterocycles. The standard InChI is InChI=1S/C14H19N5O/c1-11-4-6-12(7-5-11)16-14(20)10-19-9-13(17-18-19)3-2-8-15/h4-7,9H,2-3,8,10,15H2,1H3,(H,16,20). The summed E-state index contributed by atoms with van der Waals surface area (Å²) in [7, 11) is 0. The van der Waals surface area contributed by atoms with Crippen molar-refractivity contribution in [2.24, 2.45) is 5.73 Å².